The predicted molar refractivity (Wildman–Crippen MR) is 82.9 cm³/mol. The predicted octanol–water partition coefficient (Wildman–Crippen LogP) is 1.52. The van der Waals surface area contributed by atoms with Crippen LogP contribution < -0.4 is 5.32 Å². The molecule has 1 amide bonds. The molecule has 0 spiro atoms. The molecule has 21 heavy (non-hydrogen) atoms. The monoisotopic (exact) mass is 286 g/mol. The number of hydrogen-bond donors (Lipinski definition) is 1. The average Bonchev–Trinajstić information content (AvgIpc) is 2.61. The number of nitriles is 1. The fourth-order valence-corrected chi connectivity index (χ4v) is 2.67. The molecule has 1 N–H and O–H groups in total. The van der Waals surface area contributed by atoms with Gasteiger partial charge in [0.1, 0.15) is 0 Å². The lowest BCUT2D eigenvalue weighted by Crippen LogP contribution is -2.42. The van der Waals surface area contributed by atoms with E-state index in [0.29, 0.717) is 18.2 Å². The Hall–Kier alpha value is -1.90. The summed E-state index contributed by atoms with van der Waals surface area (Å²) in [5, 5.41) is 11.6. The van der Waals surface area contributed by atoms with Crippen molar-refractivity contribution in [1.82, 2.24) is 9.80 Å². The highest BCUT2D eigenvalue weighted by Crippen LogP contribution is 2.11. The lowest BCUT2D eigenvalue weighted by Gasteiger charge is -2.27. The molecule has 1 aliphatic heterocycles. The molecule has 1 aromatic carbocycles. The Bertz CT molecular complexity index is 520. The van der Waals surface area contributed by atoms with E-state index in [2.05, 4.69) is 35.2 Å². The SMILES string of the molecule is CC1CN(C)CCCN1CC(=O)Nc1ccc(C#N)cc1. The van der Waals surface area contributed by atoms with E-state index in [0.717, 1.165) is 31.7 Å². The number of carbonyl (C=O) groups is 1. The number of carbonyl (C=O) groups excluding carboxylic acids is 1. The van der Waals surface area contributed by atoms with Gasteiger partial charge in [-0.1, -0.05) is 0 Å². The largest absolute Gasteiger partial charge is 0.325 e. The zero-order valence-electron chi connectivity index (χ0n) is 12.7. The van der Waals surface area contributed by atoms with Crippen LogP contribution in [0.3, 0.4) is 0 Å². The van der Waals surface area contributed by atoms with Gasteiger partial charge in [-0.15, -0.1) is 0 Å². The van der Waals surface area contributed by atoms with Crippen molar-refractivity contribution in [2.45, 2.75) is 19.4 Å². The van der Waals surface area contributed by atoms with Crippen molar-refractivity contribution in [3.8, 4) is 6.07 Å². The molecular formula is C16H22N4O. The summed E-state index contributed by atoms with van der Waals surface area (Å²) in [5.41, 5.74) is 1.33. The smallest absolute Gasteiger partial charge is 0.238 e. The normalized spacial score (nSPS) is 20.5. The molecule has 0 saturated carbocycles. The van der Waals surface area contributed by atoms with E-state index in [9.17, 15) is 4.79 Å². The first-order chi connectivity index (χ1) is 10.1. The van der Waals surface area contributed by atoms with Crippen LogP contribution in [0.5, 0.6) is 0 Å². The second-order valence-corrected chi connectivity index (χ2v) is 5.67. The summed E-state index contributed by atoms with van der Waals surface area (Å²) in [6.07, 6.45) is 1.09. The molecule has 1 atom stereocenters. The highest BCUT2D eigenvalue weighted by Gasteiger charge is 2.21. The summed E-state index contributed by atoms with van der Waals surface area (Å²) in [6.45, 7) is 5.60. The van der Waals surface area contributed by atoms with Crippen molar-refractivity contribution in [2.24, 2.45) is 0 Å². The summed E-state index contributed by atoms with van der Waals surface area (Å²) in [6, 6.07) is 9.38. The zero-order valence-corrected chi connectivity index (χ0v) is 12.7. The van der Waals surface area contributed by atoms with Crippen molar-refractivity contribution >= 4 is 11.6 Å². The first-order valence-electron chi connectivity index (χ1n) is 7.31. The second-order valence-electron chi connectivity index (χ2n) is 5.67. The highest BCUT2D eigenvalue weighted by atomic mass is 16.2. The average molecular weight is 286 g/mol. The number of rotatable bonds is 3. The summed E-state index contributed by atoms with van der Waals surface area (Å²) in [7, 11) is 2.12. The Morgan fingerprint density at radius 1 is 1.38 bits per heavy atom. The quantitative estimate of drug-likeness (QED) is 0.915. The van der Waals surface area contributed by atoms with Gasteiger partial charge < -0.3 is 10.2 Å². The van der Waals surface area contributed by atoms with E-state index in [1.54, 1.807) is 24.3 Å². The van der Waals surface area contributed by atoms with Gasteiger partial charge in [0.05, 0.1) is 18.2 Å². The lowest BCUT2D eigenvalue weighted by atomic mass is 10.2. The molecule has 1 fully saturated rings. The molecule has 0 radical (unpaired) electrons. The van der Waals surface area contributed by atoms with Crippen LogP contribution in [0.4, 0.5) is 5.69 Å². The van der Waals surface area contributed by atoms with E-state index in [4.69, 9.17) is 5.26 Å². The molecule has 1 heterocycles. The van der Waals surface area contributed by atoms with Crippen molar-refractivity contribution in [3.05, 3.63) is 29.8 Å². The van der Waals surface area contributed by atoms with Crippen molar-refractivity contribution in [3.63, 3.8) is 0 Å². The van der Waals surface area contributed by atoms with Gasteiger partial charge >= 0.3 is 0 Å². The minimum atomic E-state index is -0.00360. The van der Waals surface area contributed by atoms with Crippen molar-refractivity contribution < 1.29 is 4.79 Å². The maximum atomic E-state index is 12.1. The topological polar surface area (TPSA) is 59.4 Å². The van der Waals surface area contributed by atoms with Crippen LogP contribution in [0.25, 0.3) is 0 Å². The number of likely N-dealkylation sites (N-methyl/N-ethyl adjacent to an activating group) is 1. The van der Waals surface area contributed by atoms with Crippen LogP contribution in [0.1, 0.15) is 18.9 Å². The minimum Gasteiger partial charge on any atom is -0.325 e. The zero-order chi connectivity index (χ0) is 15.2. The van der Waals surface area contributed by atoms with Crippen LogP contribution in [0, 0.1) is 11.3 Å². The molecule has 0 aromatic heterocycles. The van der Waals surface area contributed by atoms with Gasteiger partial charge in [0.15, 0.2) is 0 Å². The third-order valence-corrected chi connectivity index (χ3v) is 3.83. The van der Waals surface area contributed by atoms with E-state index in [1.807, 2.05) is 0 Å². The van der Waals surface area contributed by atoms with Gasteiger partial charge in [0.25, 0.3) is 0 Å². The van der Waals surface area contributed by atoms with Crippen LogP contribution >= 0.6 is 0 Å². The molecule has 112 valence electrons. The lowest BCUT2D eigenvalue weighted by molar-refractivity contribution is -0.117. The molecular weight excluding hydrogens is 264 g/mol. The third kappa shape index (κ3) is 4.55. The first kappa shape index (κ1) is 15.5. The molecule has 1 aromatic rings. The minimum absolute atomic E-state index is 0.00360. The van der Waals surface area contributed by atoms with Gasteiger partial charge in [-0.2, -0.15) is 5.26 Å². The number of amides is 1. The number of nitrogens with zero attached hydrogens (tertiary/aromatic N) is 3. The molecule has 0 bridgehead atoms. The summed E-state index contributed by atoms with van der Waals surface area (Å²) in [4.78, 5) is 16.7. The maximum absolute atomic E-state index is 12.1. The van der Waals surface area contributed by atoms with Gasteiger partial charge in [0, 0.05) is 24.8 Å². The van der Waals surface area contributed by atoms with Crippen molar-refractivity contribution in [2.75, 3.05) is 38.5 Å². The molecule has 2 rings (SSSR count). The van der Waals surface area contributed by atoms with Gasteiger partial charge in [-0.25, -0.2) is 0 Å². The summed E-state index contributed by atoms with van der Waals surface area (Å²) >= 11 is 0. The maximum Gasteiger partial charge on any atom is 0.238 e. The molecule has 1 unspecified atom stereocenters. The van der Waals surface area contributed by atoms with E-state index < -0.39 is 0 Å². The summed E-state index contributed by atoms with van der Waals surface area (Å²) in [5.74, 6) is -0.00360. The van der Waals surface area contributed by atoms with Crippen LogP contribution in [-0.4, -0.2) is 55.0 Å². The number of hydrogen-bond acceptors (Lipinski definition) is 4. The molecule has 1 aliphatic rings. The van der Waals surface area contributed by atoms with E-state index in [1.165, 1.54) is 0 Å². The van der Waals surface area contributed by atoms with Gasteiger partial charge in [-0.3, -0.25) is 9.69 Å². The number of anilines is 1. The second kappa shape index (κ2) is 7.21. The first-order valence-corrected chi connectivity index (χ1v) is 7.31. The molecule has 0 aliphatic carbocycles. The highest BCUT2D eigenvalue weighted by molar-refractivity contribution is 5.92. The van der Waals surface area contributed by atoms with Gasteiger partial charge in [-0.05, 0) is 51.2 Å². The Kier molecular flexibility index (Phi) is 5.32. The number of benzene rings is 1. The fourth-order valence-electron chi connectivity index (χ4n) is 2.67. The Balaban J connectivity index is 1.89. The Morgan fingerprint density at radius 2 is 2.10 bits per heavy atom. The molecule has 5 heteroatoms. The van der Waals surface area contributed by atoms with Crippen LogP contribution in [0.2, 0.25) is 0 Å². The van der Waals surface area contributed by atoms with E-state index >= 15 is 0 Å². The molecule has 1 saturated heterocycles. The van der Waals surface area contributed by atoms with E-state index in [-0.39, 0.29) is 5.91 Å². The fraction of sp³-hybridized carbons (Fsp3) is 0.500. The number of nitrogens with one attached hydrogen (secondary N) is 1. The van der Waals surface area contributed by atoms with Gasteiger partial charge in [0.2, 0.25) is 5.91 Å². The third-order valence-electron chi connectivity index (χ3n) is 3.83. The standard InChI is InChI=1S/C16H22N4O/c1-13-11-19(2)8-3-9-20(13)12-16(21)18-15-6-4-14(10-17)5-7-15/h4-7,13H,3,8-9,11-12H2,1-2H3,(H,18,21). The van der Waals surface area contributed by atoms with Crippen LogP contribution in [0.15, 0.2) is 24.3 Å². The Labute approximate surface area is 126 Å². The van der Waals surface area contributed by atoms with Crippen LogP contribution in [-0.2, 0) is 4.79 Å². The summed E-state index contributed by atoms with van der Waals surface area (Å²) < 4.78 is 0. The van der Waals surface area contributed by atoms with Crippen molar-refractivity contribution in [1.29, 1.82) is 5.26 Å². The Morgan fingerprint density at radius 3 is 2.76 bits per heavy atom. The molecule has 5 nitrogen and oxygen atoms in total.